The van der Waals surface area contributed by atoms with Crippen molar-refractivity contribution >= 4 is 6.09 Å². The van der Waals surface area contributed by atoms with Gasteiger partial charge in [0.1, 0.15) is 17.2 Å². The molecule has 0 bridgehead atoms. The third-order valence-electron chi connectivity index (χ3n) is 4.94. The van der Waals surface area contributed by atoms with E-state index in [0.717, 1.165) is 25.9 Å². The quantitative estimate of drug-likeness (QED) is 0.837. The molecule has 3 rings (SSSR count). The third kappa shape index (κ3) is 3.35. The summed E-state index contributed by atoms with van der Waals surface area (Å²) in [5.74, 6) is 0.885. The fourth-order valence-electron chi connectivity index (χ4n) is 4.00. The summed E-state index contributed by atoms with van der Waals surface area (Å²) in [6.07, 6.45) is 2.53. The number of hydrogen-bond acceptors (Lipinski definition) is 3. The summed E-state index contributed by atoms with van der Waals surface area (Å²) in [5, 5.41) is 0. The van der Waals surface area contributed by atoms with Gasteiger partial charge in [-0.05, 0) is 58.1 Å². The van der Waals surface area contributed by atoms with Crippen molar-refractivity contribution in [3.05, 3.63) is 29.6 Å². The zero-order valence-corrected chi connectivity index (χ0v) is 14.9. The van der Waals surface area contributed by atoms with E-state index in [1.165, 1.54) is 6.07 Å². The van der Waals surface area contributed by atoms with Gasteiger partial charge < -0.3 is 14.4 Å². The van der Waals surface area contributed by atoms with Gasteiger partial charge in [0.15, 0.2) is 0 Å². The molecule has 132 valence electrons. The smallest absolute Gasteiger partial charge is 0.410 e. The van der Waals surface area contributed by atoms with E-state index in [1.807, 2.05) is 20.8 Å². The highest BCUT2D eigenvalue weighted by Gasteiger charge is 2.54. The summed E-state index contributed by atoms with van der Waals surface area (Å²) in [4.78, 5) is 13.8. The minimum atomic E-state index is -0.455. The number of rotatable bonds is 3. The van der Waals surface area contributed by atoms with Crippen LogP contribution in [0.2, 0.25) is 0 Å². The van der Waals surface area contributed by atoms with E-state index >= 15 is 0 Å². The lowest BCUT2D eigenvalue weighted by molar-refractivity contribution is -0.0949. The zero-order chi connectivity index (χ0) is 17.5. The molecule has 1 aliphatic heterocycles. The Balaban J connectivity index is 1.50. The Morgan fingerprint density at radius 3 is 2.58 bits per heavy atom. The van der Waals surface area contributed by atoms with Crippen molar-refractivity contribution in [2.45, 2.75) is 45.6 Å². The van der Waals surface area contributed by atoms with Crippen molar-refractivity contribution in [2.75, 3.05) is 20.2 Å². The molecule has 0 radical (unpaired) electrons. The molecule has 1 spiro atoms. The average Bonchev–Trinajstić information content (AvgIpc) is 2.39. The van der Waals surface area contributed by atoms with Gasteiger partial charge in [0.2, 0.25) is 0 Å². The summed E-state index contributed by atoms with van der Waals surface area (Å²) in [7, 11) is 1.57. The number of amides is 1. The second-order valence-electron chi connectivity index (χ2n) is 8.24. The van der Waals surface area contributed by atoms with E-state index in [-0.39, 0.29) is 17.3 Å². The minimum Gasteiger partial charge on any atom is -0.496 e. The molecule has 1 aromatic rings. The molecule has 1 saturated heterocycles. The predicted octanol–water partition coefficient (Wildman–Crippen LogP) is 4.02. The Bertz CT molecular complexity index is 624. The molecule has 0 aromatic heterocycles. The molecule has 1 aromatic carbocycles. The van der Waals surface area contributed by atoms with Crippen LogP contribution in [-0.2, 0) is 11.2 Å². The number of nitrogens with zero attached hydrogens (tertiary/aromatic N) is 1. The van der Waals surface area contributed by atoms with E-state index in [1.54, 1.807) is 24.1 Å². The van der Waals surface area contributed by atoms with Crippen molar-refractivity contribution in [2.24, 2.45) is 11.3 Å². The van der Waals surface area contributed by atoms with Crippen LogP contribution in [0.3, 0.4) is 0 Å². The summed E-state index contributed by atoms with van der Waals surface area (Å²) < 4.78 is 24.7. The number of likely N-dealkylation sites (tertiary alicyclic amines) is 1. The molecule has 5 heteroatoms. The lowest BCUT2D eigenvalue weighted by Crippen LogP contribution is -2.64. The Kier molecular flexibility index (Phi) is 4.22. The first kappa shape index (κ1) is 17.1. The normalized spacial score (nSPS) is 19.6. The summed E-state index contributed by atoms with van der Waals surface area (Å²) in [6.45, 7) is 7.14. The Labute approximate surface area is 142 Å². The largest absolute Gasteiger partial charge is 0.496 e. The van der Waals surface area contributed by atoms with Crippen LogP contribution in [0.4, 0.5) is 9.18 Å². The zero-order valence-electron chi connectivity index (χ0n) is 14.9. The number of methoxy groups -OCH3 is 1. The molecule has 2 fully saturated rings. The summed E-state index contributed by atoms with van der Waals surface area (Å²) >= 11 is 0. The van der Waals surface area contributed by atoms with Crippen LogP contribution in [0.5, 0.6) is 5.75 Å². The lowest BCUT2D eigenvalue weighted by atomic mass is 9.56. The number of carbonyl (C=O) groups is 1. The Hall–Kier alpha value is -1.78. The SMILES string of the molecule is COc1cccc(F)c1CC1CC2(C1)CN(C(=O)OC(C)(C)C)C2. The van der Waals surface area contributed by atoms with Crippen LogP contribution in [0.25, 0.3) is 0 Å². The van der Waals surface area contributed by atoms with Crippen molar-refractivity contribution in [3.8, 4) is 5.75 Å². The molecule has 0 atom stereocenters. The van der Waals surface area contributed by atoms with Crippen molar-refractivity contribution in [3.63, 3.8) is 0 Å². The van der Waals surface area contributed by atoms with Gasteiger partial charge in [-0.1, -0.05) is 6.07 Å². The number of carbonyl (C=O) groups excluding carboxylic acids is 1. The summed E-state index contributed by atoms with van der Waals surface area (Å²) in [6, 6.07) is 4.96. The number of hydrogen-bond donors (Lipinski definition) is 0. The van der Waals surface area contributed by atoms with Crippen molar-refractivity contribution in [1.82, 2.24) is 4.90 Å². The highest BCUT2D eigenvalue weighted by Crippen LogP contribution is 2.53. The topological polar surface area (TPSA) is 38.8 Å². The molecule has 1 heterocycles. The molecular weight excluding hydrogens is 309 g/mol. The summed E-state index contributed by atoms with van der Waals surface area (Å²) in [5.41, 5.74) is 0.437. The molecule has 2 aliphatic rings. The van der Waals surface area contributed by atoms with Crippen molar-refractivity contribution < 1.29 is 18.7 Å². The van der Waals surface area contributed by atoms with E-state index in [4.69, 9.17) is 9.47 Å². The molecule has 1 aliphatic carbocycles. The molecule has 0 unspecified atom stereocenters. The first-order chi connectivity index (χ1) is 11.2. The molecule has 24 heavy (non-hydrogen) atoms. The average molecular weight is 335 g/mol. The van der Waals surface area contributed by atoms with Gasteiger partial charge in [0.05, 0.1) is 7.11 Å². The fourth-order valence-corrected chi connectivity index (χ4v) is 4.00. The first-order valence-electron chi connectivity index (χ1n) is 8.51. The second kappa shape index (κ2) is 5.94. The maximum atomic E-state index is 14.0. The molecule has 1 amide bonds. The van der Waals surface area contributed by atoms with Gasteiger partial charge in [0, 0.05) is 24.1 Å². The number of halogens is 1. The van der Waals surface area contributed by atoms with Gasteiger partial charge in [-0.15, -0.1) is 0 Å². The first-order valence-corrected chi connectivity index (χ1v) is 8.51. The van der Waals surface area contributed by atoms with Crippen LogP contribution >= 0.6 is 0 Å². The monoisotopic (exact) mass is 335 g/mol. The lowest BCUT2D eigenvalue weighted by Gasteiger charge is -2.59. The van der Waals surface area contributed by atoms with E-state index in [0.29, 0.717) is 23.7 Å². The van der Waals surface area contributed by atoms with Gasteiger partial charge in [-0.3, -0.25) is 0 Å². The van der Waals surface area contributed by atoms with Crippen LogP contribution in [0.1, 0.15) is 39.2 Å². The molecule has 0 N–H and O–H groups in total. The van der Waals surface area contributed by atoms with Crippen LogP contribution < -0.4 is 4.74 Å². The molecule has 1 saturated carbocycles. The molecule has 4 nitrogen and oxygen atoms in total. The number of ether oxygens (including phenoxy) is 2. The van der Waals surface area contributed by atoms with Crippen LogP contribution in [0, 0.1) is 17.2 Å². The van der Waals surface area contributed by atoms with Gasteiger partial charge in [0.25, 0.3) is 0 Å². The standard InChI is InChI=1S/C19H26FNO3/c1-18(2,3)24-17(22)21-11-19(12-21)9-13(10-19)8-14-15(20)6-5-7-16(14)23-4/h5-7,13H,8-12H2,1-4H3. The van der Waals surface area contributed by atoms with Gasteiger partial charge in [-0.2, -0.15) is 0 Å². The van der Waals surface area contributed by atoms with E-state index in [9.17, 15) is 9.18 Å². The maximum absolute atomic E-state index is 14.0. The van der Waals surface area contributed by atoms with Gasteiger partial charge in [-0.25, -0.2) is 9.18 Å². The fraction of sp³-hybridized carbons (Fsp3) is 0.632. The molecular formula is C19H26FNO3. The van der Waals surface area contributed by atoms with Crippen LogP contribution in [0.15, 0.2) is 18.2 Å². The van der Waals surface area contributed by atoms with Crippen LogP contribution in [-0.4, -0.2) is 36.8 Å². The minimum absolute atomic E-state index is 0.195. The predicted molar refractivity (Wildman–Crippen MR) is 89.6 cm³/mol. The second-order valence-corrected chi connectivity index (χ2v) is 8.24. The van der Waals surface area contributed by atoms with E-state index < -0.39 is 5.60 Å². The highest BCUT2D eigenvalue weighted by molar-refractivity contribution is 5.69. The number of benzene rings is 1. The highest BCUT2D eigenvalue weighted by atomic mass is 19.1. The van der Waals surface area contributed by atoms with E-state index in [2.05, 4.69) is 0 Å². The maximum Gasteiger partial charge on any atom is 0.410 e. The third-order valence-corrected chi connectivity index (χ3v) is 4.94. The Morgan fingerprint density at radius 2 is 2.00 bits per heavy atom. The Morgan fingerprint density at radius 1 is 1.33 bits per heavy atom. The van der Waals surface area contributed by atoms with Gasteiger partial charge >= 0.3 is 6.09 Å². The van der Waals surface area contributed by atoms with Crippen molar-refractivity contribution in [1.29, 1.82) is 0 Å².